The van der Waals surface area contributed by atoms with Gasteiger partial charge in [0, 0.05) is 24.5 Å². The Kier molecular flexibility index (Phi) is 7.08. The van der Waals surface area contributed by atoms with Gasteiger partial charge in [-0.05, 0) is 36.7 Å². The topological polar surface area (TPSA) is 79.0 Å². The molecule has 7 nitrogen and oxygen atoms in total. The van der Waals surface area contributed by atoms with E-state index in [1.54, 1.807) is 11.3 Å². The molecule has 0 bridgehead atoms. The Morgan fingerprint density at radius 1 is 1.32 bits per heavy atom. The molecule has 1 aromatic heterocycles. The zero-order valence-corrected chi connectivity index (χ0v) is 17.8. The van der Waals surface area contributed by atoms with Crippen LogP contribution in [0.1, 0.15) is 4.88 Å². The minimum atomic E-state index is -3.66. The molecule has 10 heteroatoms. The van der Waals surface area contributed by atoms with E-state index in [1.807, 2.05) is 29.5 Å². The first-order valence-electron chi connectivity index (χ1n) is 8.74. The standard InChI is InChI=1S/C18H22ClN3O4S2/c1-21(12-14-3-2-10-27-14)13-18(23)20-17-11-15(4-5-16(17)19)28(24,25)22-6-8-26-9-7-22/h2-5,10-11H,6-9,12-13H2,1H3,(H,20,23). The number of amides is 1. The van der Waals surface area contributed by atoms with Crippen LogP contribution in [0.15, 0.2) is 40.6 Å². The Hall–Kier alpha value is -1.49. The van der Waals surface area contributed by atoms with Crippen LogP contribution in [0, 0.1) is 0 Å². The lowest BCUT2D eigenvalue weighted by Gasteiger charge is -2.26. The Morgan fingerprint density at radius 2 is 2.07 bits per heavy atom. The molecule has 0 saturated carbocycles. The first kappa shape index (κ1) is 21.2. The normalized spacial score (nSPS) is 15.7. The second-order valence-corrected chi connectivity index (χ2v) is 9.84. The Bertz CT molecular complexity index is 913. The van der Waals surface area contributed by atoms with Gasteiger partial charge in [0.2, 0.25) is 15.9 Å². The molecule has 2 aromatic rings. The second kappa shape index (κ2) is 9.34. The average Bonchev–Trinajstić information content (AvgIpc) is 3.16. The molecule has 1 aliphatic rings. The molecule has 1 saturated heterocycles. The van der Waals surface area contributed by atoms with E-state index in [0.717, 1.165) is 4.88 Å². The molecular weight excluding hydrogens is 422 g/mol. The maximum atomic E-state index is 12.8. The molecule has 28 heavy (non-hydrogen) atoms. The fourth-order valence-electron chi connectivity index (χ4n) is 2.86. The van der Waals surface area contributed by atoms with Crippen molar-refractivity contribution < 1.29 is 17.9 Å². The lowest BCUT2D eigenvalue weighted by atomic mass is 10.3. The number of halogens is 1. The van der Waals surface area contributed by atoms with Crippen LogP contribution in [-0.4, -0.2) is 63.4 Å². The maximum absolute atomic E-state index is 12.8. The predicted molar refractivity (Wildman–Crippen MR) is 110 cm³/mol. The highest BCUT2D eigenvalue weighted by atomic mass is 35.5. The Labute approximate surface area is 173 Å². The van der Waals surface area contributed by atoms with E-state index in [2.05, 4.69) is 5.32 Å². The number of nitrogens with zero attached hydrogens (tertiary/aromatic N) is 2. The molecule has 152 valence electrons. The van der Waals surface area contributed by atoms with Crippen LogP contribution < -0.4 is 5.32 Å². The number of carbonyl (C=O) groups is 1. The predicted octanol–water partition coefficient (Wildman–Crippen LogP) is 2.49. The highest BCUT2D eigenvalue weighted by Crippen LogP contribution is 2.27. The second-order valence-electron chi connectivity index (χ2n) is 6.46. The summed E-state index contributed by atoms with van der Waals surface area (Å²) in [5.41, 5.74) is 0.283. The molecule has 1 aliphatic heterocycles. The van der Waals surface area contributed by atoms with Crippen molar-refractivity contribution in [1.82, 2.24) is 9.21 Å². The number of carbonyl (C=O) groups excluding carboxylic acids is 1. The molecule has 2 heterocycles. The van der Waals surface area contributed by atoms with Crippen molar-refractivity contribution >= 4 is 44.6 Å². The molecule has 0 spiro atoms. The first-order valence-corrected chi connectivity index (χ1v) is 11.4. The van der Waals surface area contributed by atoms with E-state index >= 15 is 0 Å². The smallest absolute Gasteiger partial charge is 0.243 e. The number of sulfonamides is 1. The summed E-state index contributed by atoms with van der Waals surface area (Å²) in [6.07, 6.45) is 0. The summed E-state index contributed by atoms with van der Waals surface area (Å²) in [6, 6.07) is 8.32. The molecule has 0 unspecified atom stereocenters. The molecule has 1 amide bonds. The highest BCUT2D eigenvalue weighted by molar-refractivity contribution is 7.89. The molecular formula is C18H22ClN3O4S2. The summed E-state index contributed by atoms with van der Waals surface area (Å²) in [7, 11) is -1.81. The van der Waals surface area contributed by atoms with Crippen molar-refractivity contribution in [3.63, 3.8) is 0 Å². The summed E-state index contributed by atoms with van der Waals surface area (Å²) in [5, 5.41) is 5.00. The van der Waals surface area contributed by atoms with Gasteiger partial charge in [-0.2, -0.15) is 4.31 Å². The number of likely N-dealkylation sites (N-methyl/N-ethyl adjacent to an activating group) is 1. The minimum Gasteiger partial charge on any atom is -0.379 e. The van der Waals surface area contributed by atoms with Crippen LogP contribution in [0.25, 0.3) is 0 Å². The molecule has 3 rings (SSSR count). The number of morpholine rings is 1. The van der Waals surface area contributed by atoms with E-state index in [0.29, 0.717) is 32.8 Å². The van der Waals surface area contributed by atoms with E-state index in [-0.39, 0.29) is 28.1 Å². The monoisotopic (exact) mass is 443 g/mol. The van der Waals surface area contributed by atoms with Gasteiger partial charge in [-0.25, -0.2) is 8.42 Å². The van der Waals surface area contributed by atoms with Gasteiger partial charge >= 0.3 is 0 Å². The lowest BCUT2D eigenvalue weighted by Crippen LogP contribution is -2.40. The third-order valence-electron chi connectivity index (χ3n) is 4.24. The number of rotatable bonds is 7. The van der Waals surface area contributed by atoms with E-state index in [4.69, 9.17) is 16.3 Å². The van der Waals surface area contributed by atoms with Crippen molar-refractivity contribution in [2.24, 2.45) is 0 Å². The highest BCUT2D eigenvalue weighted by Gasteiger charge is 2.27. The van der Waals surface area contributed by atoms with E-state index < -0.39 is 10.0 Å². The van der Waals surface area contributed by atoms with Gasteiger partial charge in [0.05, 0.1) is 35.4 Å². The molecule has 0 aliphatic carbocycles. The summed E-state index contributed by atoms with van der Waals surface area (Å²) in [5.74, 6) is -0.262. The largest absolute Gasteiger partial charge is 0.379 e. The molecule has 1 aromatic carbocycles. The molecule has 0 atom stereocenters. The quantitative estimate of drug-likeness (QED) is 0.711. The third kappa shape index (κ3) is 5.31. The van der Waals surface area contributed by atoms with Crippen LogP contribution in [-0.2, 0) is 26.1 Å². The number of ether oxygens (including phenoxy) is 1. The van der Waals surface area contributed by atoms with Gasteiger partial charge in [0.1, 0.15) is 0 Å². The summed E-state index contributed by atoms with van der Waals surface area (Å²) in [6.45, 7) is 2.17. The molecule has 1 N–H and O–H groups in total. The molecule has 1 fully saturated rings. The third-order valence-corrected chi connectivity index (χ3v) is 7.32. The van der Waals surface area contributed by atoms with Gasteiger partial charge in [-0.3, -0.25) is 9.69 Å². The van der Waals surface area contributed by atoms with Crippen molar-refractivity contribution in [2.75, 3.05) is 45.2 Å². The number of hydrogen-bond acceptors (Lipinski definition) is 6. The van der Waals surface area contributed by atoms with E-state index in [1.165, 1.54) is 22.5 Å². The summed E-state index contributed by atoms with van der Waals surface area (Å²) < 4.78 is 32.2. The van der Waals surface area contributed by atoms with E-state index in [9.17, 15) is 13.2 Å². The number of benzene rings is 1. The summed E-state index contributed by atoms with van der Waals surface area (Å²) >= 11 is 7.80. The number of nitrogens with one attached hydrogen (secondary N) is 1. The average molecular weight is 444 g/mol. The zero-order valence-electron chi connectivity index (χ0n) is 15.4. The van der Waals surface area contributed by atoms with Crippen molar-refractivity contribution in [2.45, 2.75) is 11.4 Å². The number of anilines is 1. The van der Waals surface area contributed by atoms with Crippen molar-refractivity contribution in [1.29, 1.82) is 0 Å². The number of hydrogen-bond donors (Lipinski definition) is 1. The minimum absolute atomic E-state index is 0.0982. The zero-order chi connectivity index (χ0) is 20.1. The Morgan fingerprint density at radius 3 is 2.75 bits per heavy atom. The fourth-order valence-corrected chi connectivity index (χ4v) is 5.24. The van der Waals surface area contributed by atoms with Crippen molar-refractivity contribution in [3.05, 3.63) is 45.6 Å². The Balaban J connectivity index is 1.68. The van der Waals surface area contributed by atoms with Crippen LogP contribution in [0.5, 0.6) is 0 Å². The lowest BCUT2D eigenvalue weighted by molar-refractivity contribution is -0.117. The van der Waals surface area contributed by atoms with Crippen LogP contribution in [0.3, 0.4) is 0 Å². The van der Waals surface area contributed by atoms with Crippen molar-refractivity contribution in [3.8, 4) is 0 Å². The fraction of sp³-hybridized carbons (Fsp3) is 0.389. The first-order chi connectivity index (χ1) is 13.4. The van der Waals surface area contributed by atoms with Crippen LogP contribution in [0.2, 0.25) is 5.02 Å². The molecule has 0 radical (unpaired) electrons. The van der Waals surface area contributed by atoms with Gasteiger partial charge in [0.15, 0.2) is 0 Å². The summed E-state index contributed by atoms with van der Waals surface area (Å²) in [4.78, 5) is 15.5. The number of thiophene rings is 1. The SMILES string of the molecule is CN(CC(=O)Nc1cc(S(=O)(=O)N2CCOCC2)ccc1Cl)Cc1cccs1. The van der Waals surface area contributed by atoms with Crippen LogP contribution in [0.4, 0.5) is 5.69 Å². The van der Waals surface area contributed by atoms with Gasteiger partial charge in [-0.15, -0.1) is 11.3 Å². The van der Waals surface area contributed by atoms with Gasteiger partial charge in [-0.1, -0.05) is 17.7 Å². The van der Waals surface area contributed by atoms with Gasteiger partial charge in [0.25, 0.3) is 0 Å². The van der Waals surface area contributed by atoms with Gasteiger partial charge < -0.3 is 10.1 Å². The van der Waals surface area contributed by atoms with Crippen LogP contribution >= 0.6 is 22.9 Å². The maximum Gasteiger partial charge on any atom is 0.243 e.